The van der Waals surface area contributed by atoms with Crippen LogP contribution in [0.2, 0.25) is 0 Å². The first-order chi connectivity index (χ1) is 26.0. The zero-order valence-corrected chi connectivity index (χ0v) is 29.9. The topological polar surface area (TPSA) is 61.9 Å². The van der Waals surface area contributed by atoms with E-state index >= 15 is 0 Å². The van der Waals surface area contributed by atoms with E-state index in [1.165, 1.54) is 38.6 Å². The Kier molecular flexibility index (Phi) is 12.4. The minimum atomic E-state index is 0.423. The van der Waals surface area contributed by atoms with Crippen LogP contribution in [0.4, 0.5) is 11.4 Å². The predicted molar refractivity (Wildman–Crippen MR) is 228 cm³/mol. The van der Waals surface area contributed by atoms with Crippen LogP contribution in [0.5, 0.6) is 0 Å². The minimum Gasteiger partial charge on any atom is -0.398 e. The van der Waals surface area contributed by atoms with E-state index in [2.05, 4.69) is 158 Å². The van der Waals surface area contributed by atoms with Crippen molar-refractivity contribution in [3.8, 4) is 22.3 Å². The molecule has 0 aliphatic heterocycles. The fraction of sp³-hybridized carbons (Fsp3) is 0.0200. The molecule has 8 aromatic carbocycles. The molecule has 8 rings (SSSR count). The van der Waals surface area contributed by atoms with Crippen molar-refractivity contribution in [3.63, 3.8) is 0 Å². The third kappa shape index (κ3) is 10.5. The molecule has 0 heterocycles. The van der Waals surface area contributed by atoms with Gasteiger partial charge in [0.1, 0.15) is 0 Å². The Bertz CT molecular complexity index is 2280. The van der Waals surface area contributed by atoms with Crippen molar-refractivity contribution in [2.75, 3.05) is 5.32 Å². The molecule has 3 nitrogen and oxygen atoms in total. The number of nitrogens with one attached hydrogen (secondary N) is 2. The van der Waals surface area contributed by atoms with Gasteiger partial charge in [0.15, 0.2) is 0 Å². The van der Waals surface area contributed by atoms with Crippen molar-refractivity contribution in [1.82, 2.24) is 0 Å². The van der Waals surface area contributed by atoms with E-state index in [9.17, 15) is 0 Å². The highest BCUT2D eigenvalue weighted by molar-refractivity contribution is 6.10. The summed E-state index contributed by atoms with van der Waals surface area (Å²) in [4.78, 5) is 0. The van der Waals surface area contributed by atoms with Crippen LogP contribution >= 0.6 is 0 Å². The van der Waals surface area contributed by atoms with Gasteiger partial charge in [-0.3, -0.25) is 0 Å². The lowest BCUT2D eigenvalue weighted by Gasteiger charge is -2.09. The van der Waals surface area contributed by atoms with E-state index in [1.54, 1.807) is 6.08 Å². The van der Waals surface area contributed by atoms with Gasteiger partial charge in [0.2, 0.25) is 0 Å². The summed E-state index contributed by atoms with van der Waals surface area (Å²) in [5.41, 5.74) is 17.2. The maximum Gasteiger partial charge on any atom is 0.0632 e. The summed E-state index contributed by atoms with van der Waals surface area (Å²) in [5, 5.41) is 14.0. The van der Waals surface area contributed by atoms with E-state index in [0.29, 0.717) is 11.4 Å². The van der Waals surface area contributed by atoms with E-state index in [0.717, 1.165) is 22.5 Å². The second-order valence-electron chi connectivity index (χ2n) is 12.6. The molecule has 0 unspecified atom stereocenters. The van der Waals surface area contributed by atoms with Gasteiger partial charge < -0.3 is 16.5 Å². The zero-order valence-electron chi connectivity index (χ0n) is 29.9. The quantitative estimate of drug-likeness (QED) is 0.146. The molecule has 0 aliphatic rings. The number of fused-ring (bicyclic) bond motifs is 1. The Hall–Kier alpha value is -6.97. The molecule has 0 aromatic heterocycles. The molecule has 0 fully saturated rings. The first-order valence-corrected chi connectivity index (χ1v) is 17.7. The molecule has 4 N–H and O–H groups in total. The molecule has 0 spiro atoms. The lowest BCUT2D eigenvalue weighted by atomic mass is 10.0. The Labute approximate surface area is 313 Å². The summed E-state index contributed by atoms with van der Waals surface area (Å²) in [6.45, 7) is 2.11. The highest BCUT2D eigenvalue weighted by Gasteiger charge is 2.02. The summed E-state index contributed by atoms with van der Waals surface area (Å²) < 4.78 is 0. The molecule has 0 bridgehead atoms. The van der Waals surface area contributed by atoms with E-state index in [4.69, 9.17) is 11.1 Å². The molecule has 0 amide bonds. The average Bonchev–Trinajstić information content (AvgIpc) is 3.23. The standard InChI is InChI=1S/C25H21N.C15H14N2.C10H8/c1-19-7-9-21(10-8-19)23-13-17-25(18-14-23)26-24-15-11-22(12-16-24)20-5-3-2-4-6-20;16-14(12-7-3-1-4-8-12)11-15(17)13-9-5-2-6-10-13;1-2-6-10-8-4-3-7-9(10)5-1/h2-18,26H,1H3;1-11,16H,17H2;1-8H/b;15-11-,16-14?;. The van der Waals surface area contributed by atoms with Crippen LogP contribution in [0.3, 0.4) is 0 Å². The van der Waals surface area contributed by atoms with Gasteiger partial charge in [0.05, 0.1) is 5.71 Å². The molecular formula is C50H43N3. The van der Waals surface area contributed by atoms with Crippen molar-refractivity contribution in [1.29, 1.82) is 5.41 Å². The molecule has 258 valence electrons. The van der Waals surface area contributed by atoms with Crippen LogP contribution < -0.4 is 11.1 Å². The summed E-state index contributed by atoms with van der Waals surface area (Å²) in [5.74, 6) is 0. The summed E-state index contributed by atoms with van der Waals surface area (Å²) in [6.07, 6.45) is 1.69. The maximum atomic E-state index is 7.95. The number of rotatable bonds is 7. The number of hydrogen-bond donors (Lipinski definition) is 3. The molecule has 0 saturated heterocycles. The van der Waals surface area contributed by atoms with Crippen molar-refractivity contribution in [3.05, 3.63) is 235 Å². The van der Waals surface area contributed by atoms with Gasteiger partial charge in [-0.2, -0.15) is 0 Å². The van der Waals surface area contributed by atoms with Crippen LogP contribution in [-0.4, -0.2) is 5.71 Å². The number of allylic oxidation sites excluding steroid dienone is 1. The molecule has 0 atom stereocenters. The second-order valence-corrected chi connectivity index (χ2v) is 12.6. The van der Waals surface area contributed by atoms with Gasteiger partial charge in [0.25, 0.3) is 0 Å². The Morgan fingerprint density at radius 1 is 0.415 bits per heavy atom. The van der Waals surface area contributed by atoms with Crippen molar-refractivity contribution < 1.29 is 0 Å². The number of nitrogens with two attached hydrogens (primary N) is 1. The van der Waals surface area contributed by atoms with E-state index in [1.807, 2.05) is 66.7 Å². The molecule has 0 saturated carbocycles. The van der Waals surface area contributed by atoms with Gasteiger partial charge in [-0.05, 0) is 81.4 Å². The first-order valence-electron chi connectivity index (χ1n) is 17.7. The van der Waals surface area contributed by atoms with E-state index in [-0.39, 0.29) is 0 Å². The monoisotopic (exact) mass is 685 g/mol. The lowest BCUT2D eigenvalue weighted by Crippen LogP contribution is -2.02. The summed E-state index contributed by atoms with van der Waals surface area (Å²) in [7, 11) is 0. The fourth-order valence-electron chi connectivity index (χ4n) is 5.74. The van der Waals surface area contributed by atoms with Gasteiger partial charge in [-0.25, -0.2) is 0 Å². The Balaban J connectivity index is 0.000000152. The predicted octanol–water partition coefficient (Wildman–Crippen LogP) is 13.0. The summed E-state index contributed by atoms with van der Waals surface area (Å²) >= 11 is 0. The van der Waals surface area contributed by atoms with Crippen molar-refractivity contribution in [2.24, 2.45) is 5.73 Å². The molecule has 0 radical (unpaired) electrons. The fourth-order valence-corrected chi connectivity index (χ4v) is 5.74. The van der Waals surface area contributed by atoms with Gasteiger partial charge >= 0.3 is 0 Å². The van der Waals surface area contributed by atoms with Crippen LogP contribution in [0.1, 0.15) is 16.7 Å². The minimum absolute atomic E-state index is 0.423. The van der Waals surface area contributed by atoms with Crippen LogP contribution in [-0.2, 0) is 0 Å². The van der Waals surface area contributed by atoms with Gasteiger partial charge in [-0.1, -0.05) is 194 Å². The highest BCUT2D eigenvalue weighted by Crippen LogP contribution is 2.26. The SMILES string of the molecule is Cc1ccc(-c2ccc(Nc3ccc(-c4ccccc4)cc3)cc2)cc1.N=C(/C=C(\N)c1ccccc1)c1ccccc1.c1ccc2ccccc2c1. The molecular weight excluding hydrogens is 643 g/mol. The molecule has 53 heavy (non-hydrogen) atoms. The second kappa shape index (κ2) is 18.3. The van der Waals surface area contributed by atoms with Crippen LogP contribution in [0, 0.1) is 12.3 Å². The van der Waals surface area contributed by atoms with E-state index < -0.39 is 0 Å². The molecule has 3 heteroatoms. The van der Waals surface area contributed by atoms with Crippen molar-refractivity contribution >= 4 is 33.6 Å². The third-order valence-corrected chi connectivity index (χ3v) is 8.70. The van der Waals surface area contributed by atoms with Gasteiger partial charge in [-0.15, -0.1) is 0 Å². The Morgan fingerprint density at radius 3 is 1.19 bits per heavy atom. The number of benzene rings is 8. The van der Waals surface area contributed by atoms with Crippen LogP contribution in [0.25, 0.3) is 38.7 Å². The first kappa shape index (κ1) is 35.8. The zero-order chi connectivity index (χ0) is 36.7. The third-order valence-electron chi connectivity index (χ3n) is 8.70. The van der Waals surface area contributed by atoms with Crippen LogP contribution in [0.15, 0.2) is 218 Å². The van der Waals surface area contributed by atoms with Crippen molar-refractivity contribution in [2.45, 2.75) is 6.92 Å². The smallest absolute Gasteiger partial charge is 0.0632 e. The highest BCUT2D eigenvalue weighted by atomic mass is 14.9. The number of anilines is 2. The molecule has 0 aliphatic carbocycles. The Morgan fingerprint density at radius 2 is 0.755 bits per heavy atom. The normalized spacial score (nSPS) is 10.6. The number of aryl methyl sites for hydroxylation is 1. The lowest BCUT2D eigenvalue weighted by molar-refractivity contribution is 1.47. The maximum absolute atomic E-state index is 7.95. The molecule has 8 aromatic rings. The average molecular weight is 686 g/mol. The number of hydrogen-bond acceptors (Lipinski definition) is 3. The largest absolute Gasteiger partial charge is 0.398 e. The summed E-state index contributed by atoms with van der Waals surface area (Å²) in [6, 6.07) is 72.1. The van der Waals surface area contributed by atoms with Gasteiger partial charge in [0, 0.05) is 17.1 Å².